The van der Waals surface area contributed by atoms with E-state index < -0.39 is 0 Å². The summed E-state index contributed by atoms with van der Waals surface area (Å²) in [6.07, 6.45) is 5.76. The monoisotopic (exact) mass is 352 g/mol. The number of hydrogen-bond acceptors (Lipinski definition) is 4. The van der Waals surface area contributed by atoms with Gasteiger partial charge in [0.2, 0.25) is 5.91 Å². The third kappa shape index (κ3) is 3.59. The van der Waals surface area contributed by atoms with E-state index in [-0.39, 0.29) is 17.7 Å². The topological polar surface area (TPSA) is 108 Å². The number of benzene rings is 1. The van der Waals surface area contributed by atoms with Crippen LogP contribution in [0.25, 0.3) is 11.8 Å². The number of nitrogen functional groups attached to an aromatic ring is 1. The summed E-state index contributed by atoms with van der Waals surface area (Å²) in [7, 11) is 0. The summed E-state index contributed by atoms with van der Waals surface area (Å²) in [6, 6.07) is 8.98. The summed E-state index contributed by atoms with van der Waals surface area (Å²) in [5, 5.41) is 9.92. The van der Waals surface area contributed by atoms with Crippen molar-refractivity contribution in [2.24, 2.45) is 5.73 Å². The van der Waals surface area contributed by atoms with Crippen LogP contribution in [0.4, 0.5) is 5.82 Å². The van der Waals surface area contributed by atoms with E-state index in [0.717, 1.165) is 30.6 Å². The van der Waals surface area contributed by atoms with E-state index in [1.54, 1.807) is 24.3 Å². The molecule has 1 atom stereocenters. The minimum Gasteiger partial charge on any atom is -0.507 e. The number of phenolic OH excluding ortho intramolecular Hbond substituents is 1. The van der Waals surface area contributed by atoms with Crippen LogP contribution in [0, 0.1) is 0 Å². The van der Waals surface area contributed by atoms with Crippen molar-refractivity contribution in [1.29, 1.82) is 0 Å². The quantitative estimate of drug-likeness (QED) is 0.620. The fourth-order valence-electron chi connectivity index (χ4n) is 3.45. The van der Waals surface area contributed by atoms with Crippen LogP contribution in [0.5, 0.6) is 5.75 Å². The second kappa shape index (κ2) is 7.39. The number of amides is 1. The van der Waals surface area contributed by atoms with E-state index in [1.165, 1.54) is 6.08 Å². The van der Waals surface area contributed by atoms with Crippen LogP contribution in [0.3, 0.4) is 0 Å². The van der Waals surface area contributed by atoms with Crippen molar-refractivity contribution in [2.45, 2.75) is 25.3 Å². The Labute approximate surface area is 152 Å². The van der Waals surface area contributed by atoms with Gasteiger partial charge in [-0.05, 0) is 43.2 Å². The van der Waals surface area contributed by atoms with E-state index in [2.05, 4.69) is 11.6 Å². The SMILES string of the molecule is C=CC(=O)N1CCCC1Cc1cc(/C=C(\N)c2ccccc2O)c(N)[nH]1. The Bertz CT molecular complexity index is 853. The lowest BCUT2D eigenvalue weighted by molar-refractivity contribution is -0.126. The standard InChI is InChI=1S/C20H24N4O2/c1-2-19(26)24-9-5-6-15(24)12-14-10-13(20(22)23-14)11-17(21)16-7-3-4-8-18(16)25/h2-4,7-8,10-11,15,23,25H,1,5-6,9,12,21-22H2/b17-11-. The first-order chi connectivity index (χ1) is 12.5. The molecular formula is C20H24N4O2. The second-order valence-electron chi connectivity index (χ2n) is 6.52. The number of nitrogens with two attached hydrogens (primary N) is 2. The summed E-state index contributed by atoms with van der Waals surface area (Å²) in [6.45, 7) is 4.33. The van der Waals surface area contributed by atoms with Crippen LogP contribution in [0.1, 0.15) is 29.7 Å². The van der Waals surface area contributed by atoms with Gasteiger partial charge in [0, 0.05) is 41.5 Å². The lowest BCUT2D eigenvalue weighted by Crippen LogP contribution is -2.35. The molecule has 1 saturated heterocycles. The van der Waals surface area contributed by atoms with Gasteiger partial charge < -0.3 is 26.5 Å². The molecule has 0 aliphatic carbocycles. The van der Waals surface area contributed by atoms with E-state index in [4.69, 9.17) is 11.5 Å². The highest BCUT2D eigenvalue weighted by Crippen LogP contribution is 2.27. The molecule has 1 fully saturated rings. The van der Waals surface area contributed by atoms with Crippen molar-refractivity contribution >= 4 is 23.5 Å². The summed E-state index contributed by atoms with van der Waals surface area (Å²) in [4.78, 5) is 17.0. The third-order valence-corrected chi connectivity index (χ3v) is 4.75. The smallest absolute Gasteiger partial charge is 0.246 e. The second-order valence-corrected chi connectivity index (χ2v) is 6.52. The molecule has 26 heavy (non-hydrogen) atoms. The largest absolute Gasteiger partial charge is 0.507 e. The number of H-pyrrole nitrogens is 1. The minimum absolute atomic E-state index is 0.0315. The van der Waals surface area contributed by atoms with Gasteiger partial charge in [-0.1, -0.05) is 18.7 Å². The first-order valence-electron chi connectivity index (χ1n) is 8.65. The van der Waals surface area contributed by atoms with Crippen molar-refractivity contribution in [1.82, 2.24) is 9.88 Å². The Balaban J connectivity index is 1.79. The van der Waals surface area contributed by atoms with E-state index in [0.29, 0.717) is 23.5 Å². The Hall–Kier alpha value is -3.15. The molecule has 0 saturated carbocycles. The van der Waals surface area contributed by atoms with Gasteiger partial charge in [-0.25, -0.2) is 0 Å². The predicted octanol–water partition coefficient (Wildman–Crippen LogP) is 2.48. The lowest BCUT2D eigenvalue weighted by atomic mass is 10.1. The molecule has 136 valence electrons. The average molecular weight is 352 g/mol. The van der Waals surface area contributed by atoms with Crippen LogP contribution in [0.15, 0.2) is 43.0 Å². The normalized spacial score (nSPS) is 17.5. The number of phenols is 1. The average Bonchev–Trinajstić information content (AvgIpc) is 3.21. The van der Waals surface area contributed by atoms with Crippen LogP contribution in [-0.2, 0) is 11.2 Å². The molecule has 1 aliphatic rings. The van der Waals surface area contributed by atoms with Gasteiger partial charge in [-0.3, -0.25) is 4.79 Å². The van der Waals surface area contributed by atoms with E-state index >= 15 is 0 Å². The maximum Gasteiger partial charge on any atom is 0.246 e. The molecule has 1 unspecified atom stereocenters. The Morgan fingerprint density at radius 3 is 2.92 bits per heavy atom. The van der Waals surface area contributed by atoms with Gasteiger partial charge in [-0.15, -0.1) is 0 Å². The third-order valence-electron chi connectivity index (χ3n) is 4.75. The molecule has 0 bridgehead atoms. The van der Waals surface area contributed by atoms with Crippen LogP contribution in [0.2, 0.25) is 0 Å². The number of aromatic amines is 1. The van der Waals surface area contributed by atoms with Crippen molar-refractivity contribution in [3.05, 3.63) is 59.8 Å². The molecule has 1 aliphatic heterocycles. The molecule has 1 amide bonds. The van der Waals surface area contributed by atoms with Crippen molar-refractivity contribution in [3.63, 3.8) is 0 Å². The molecule has 1 aromatic carbocycles. The number of nitrogens with zero attached hydrogens (tertiary/aromatic N) is 1. The number of para-hydroxylation sites is 1. The van der Waals surface area contributed by atoms with Gasteiger partial charge in [0.25, 0.3) is 0 Å². The predicted molar refractivity (Wildman–Crippen MR) is 104 cm³/mol. The van der Waals surface area contributed by atoms with Crippen molar-refractivity contribution in [2.75, 3.05) is 12.3 Å². The number of aromatic hydroxyl groups is 1. The minimum atomic E-state index is -0.0315. The maximum absolute atomic E-state index is 11.9. The Morgan fingerprint density at radius 1 is 1.42 bits per heavy atom. The molecule has 6 heteroatoms. The van der Waals surface area contributed by atoms with Crippen LogP contribution in [-0.4, -0.2) is 33.5 Å². The Morgan fingerprint density at radius 2 is 2.19 bits per heavy atom. The molecule has 2 aromatic rings. The molecule has 2 heterocycles. The molecular weight excluding hydrogens is 328 g/mol. The van der Waals surface area contributed by atoms with Gasteiger partial charge in [-0.2, -0.15) is 0 Å². The number of nitrogens with one attached hydrogen (secondary N) is 1. The number of carbonyl (C=O) groups is 1. The summed E-state index contributed by atoms with van der Waals surface area (Å²) < 4.78 is 0. The van der Waals surface area contributed by atoms with Crippen molar-refractivity contribution in [3.8, 4) is 5.75 Å². The Kier molecular flexibility index (Phi) is 5.02. The van der Waals surface area contributed by atoms with E-state index in [1.807, 2.05) is 17.0 Å². The van der Waals surface area contributed by atoms with Crippen LogP contribution < -0.4 is 11.5 Å². The number of rotatable bonds is 5. The van der Waals surface area contributed by atoms with E-state index in [9.17, 15) is 9.90 Å². The molecule has 1 aromatic heterocycles. The van der Waals surface area contributed by atoms with Gasteiger partial charge >= 0.3 is 0 Å². The number of likely N-dealkylation sites (tertiary alicyclic amines) is 1. The van der Waals surface area contributed by atoms with Gasteiger partial charge in [0.05, 0.1) is 0 Å². The summed E-state index contributed by atoms with van der Waals surface area (Å²) in [5.41, 5.74) is 14.9. The molecule has 3 rings (SSSR count). The fraction of sp³-hybridized carbons (Fsp3) is 0.250. The molecule has 6 N–H and O–H groups in total. The molecule has 0 radical (unpaired) electrons. The highest BCUT2D eigenvalue weighted by molar-refractivity contribution is 5.87. The van der Waals surface area contributed by atoms with Gasteiger partial charge in [0.1, 0.15) is 11.6 Å². The van der Waals surface area contributed by atoms with Gasteiger partial charge in [0.15, 0.2) is 0 Å². The first-order valence-corrected chi connectivity index (χ1v) is 8.65. The zero-order valence-electron chi connectivity index (χ0n) is 14.6. The number of aromatic nitrogens is 1. The summed E-state index contributed by atoms with van der Waals surface area (Å²) >= 11 is 0. The lowest BCUT2D eigenvalue weighted by Gasteiger charge is -2.22. The molecule has 0 spiro atoms. The van der Waals surface area contributed by atoms with Crippen LogP contribution >= 0.6 is 0 Å². The zero-order valence-corrected chi connectivity index (χ0v) is 14.6. The highest BCUT2D eigenvalue weighted by Gasteiger charge is 2.27. The zero-order chi connectivity index (χ0) is 18.7. The highest BCUT2D eigenvalue weighted by atomic mass is 16.3. The van der Waals surface area contributed by atoms with Crippen molar-refractivity contribution < 1.29 is 9.90 Å². The summed E-state index contributed by atoms with van der Waals surface area (Å²) in [5.74, 6) is 0.606. The maximum atomic E-state index is 11.9. The number of carbonyl (C=O) groups excluding carboxylic acids is 1. The molecule has 6 nitrogen and oxygen atoms in total. The first kappa shape index (κ1) is 17.7. The number of hydrogen-bond donors (Lipinski definition) is 4. The number of anilines is 1. The fourth-order valence-corrected chi connectivity index (χ4v) is 3.45.